The average molecular weight is 246 g/mol. The van der Waals surface area contributed by atoms with Gasteiger partial charge in [0.15, 0.2) is 0 Å². The maximum Gasteiger partial charge on any atom is 0.136 e. The predicted octanol–water partition coefficient (Wildman–Crippen LogP) is 3.09. The number of hydrogen-bond donors (Lipinski definition) is 1. The summed E-state index contributed by atoms with van der Waals surface area (Å²) in [7, 11) is 1.59. The minimum atomic E-state index is 0.357. The first-order valence-electron chi connectivity index (χ1n) is 6.24. The van der Waals surface area contributed by atoms with E-state index in [9.17, 15) is 0 Å². The zero-order chi connectivity index (χ0) is 13.6. The quantitative estimate of drug-likeness (QED) is 0.812. The van der Waals surface area contributed by atoms with Crippen LogP contribution in [0.3, 0.4) is 0 Å². The molecular weight excluding hydrogens is 224 g/mol. The smallest absolute Gasteiger partial charge is 0.136 e. The molecule has 0 bridgehead atoms. The zero-order valence-corrected chi connectivity index (χ0v) is 11.7. The second-order valence-corrected chi connectivity index (χ2v) is 5.63. The summed E-state index contributed by atoms with van der Waals surface area (Å²) in [6.45, 7) is 8.50. The maximum atomic E-state index is 8.90. The van der Waals surface area contributed by atoms with Gasteiger partial charge in [-0.3, -0.25) is 0 Å². The highest BCUT2D eigenvalue weighted by Gasteiger charge is 2.09. The van der Waals surface area contributed by atoms with Crippen LogP contribution in [-0.4, -0.2) is 13.7 Å². The monoisotopic (exact) mass is 246 g/mol. The number of methoxy groups -OCH3 is 1. The van der Waals surface area contributed by atoms with Crippen molar-refractivity contribution >= 4 is 0 Å². The van der Waals surface area contributed by atoms with E-state index in [-0.39, 0.29) is 0 Å². The van der Waals surface area contributed by atoms with Gasteiger partial charge in [-0.05, 0) is 36.1 Å². The lowest BCUT2D eigenvalue weighted by molar-refractivity contribution is 0.366. The highest BCUT2D eigenvalue weighted by molar-refractivity contribution is 5.45. The Bertz CT molecular complexity index is 427. The molecule has 0 saturated carbocycles. The number of rotatable bonds is 5. The molecule has 3 heteroatoms. The van der Waals surface area contributed by atoms with Gasteiger partial charge in [0.1, 0.15) is 11.8 Å². The first-order valence-corrected chi connectivity index (χ1v) is 6.24. The van der Waals surface area contributed by atoms with Crippen molar-refractivity contribution in [3.8, 4) is 11.8 Å². The SMILES string of the molecule is COc1cc(CNCCC(C)(C)C)ccc1C#N. The van der Waals surface area contributed by atoms with Crippen molar-refractivity contribution in [3.05, 3.63) is 29.3 Å². The van der Waals surface area contributed by atoms with E-state index in [0.29, 0.717) is 16.7 Å². The van der Waals surface area contributed by atoms with E-state index in [4.69, 9.17) is 10.00 Å². The summed E-state index contributed by atoms with van der Waals surface area (Å²) < 4.78 is 5.19. The molecule has 1 N–H and O–H groups in total. The molecule has 18 heavy (non-hydrogen) atoms. The number of benzene rings is 1. The van der Waals surface area contributed by atoms with E-state index < -0.39 is 0 Å². The van der Waals surface area contributed by atoms with Crippen LogP contribution in [0.1, 0.15) is 38.3 Å². The Morgan fingerprint density at radius 2 is 2.06 bits per heavy atom. The molecule has 3 nitrogen and oxygen atoms in total. The summed E-state index contributed by atoms with van der Waals surface area (Å²) >= 11 is 0. The van der Waals surface area contributed by atoms with Crippen molar-refractivity contribution in [2.24, 2.45) is 5.41 Å². The molecule has 0 fully saturated rings. The topological polar surface area (TPSA) is 45.0 Å². The molecule has 0 aromatic heterocycles. The van der Waals surface area contributed by atoms with E-state index in [0.717, 1.165) is 25.1 Å². The molecule has 0 atom stereocenters. The third-order valence-electron chi connectivity index (χ3n) is 2.77. The summed E-state index contributed by atoms with van der Waals surface area (Å²) in [5, 5.41) is 12.3. The molecule has 0 amide bonds. The molecule has 0 unspecified atom stereocenters. The van der Waals surface area contributed by atoms with Gasteiger partial charge in [-0.25, -0.2) is 0 Å². The summed E-state index contributed by atoms with van der Waals surface area (Å²) in [5.74, 6) is 0.646. The van der Waals surface area contributed by atoms with Gasteiger partial charge in [0.25, 0.3) is 0 Å². The van der Waals surface area contributed by atoms with Crippen molar-refractivity contribution in [2.75, 3.05) is 13.7 Å². The first-order chi connectivity index (χ1) is 8.46. The van der Waals surface area contributed by atoms with E-state index >= 15 is 0 Å². The van der Waals surface area contributed by atoms with Crippen molar-refractivity contribution in [1.82, 2.24) is 5.32 Å². The van der Waals surface area contributed by atoms with Crippen LogP contribution in [0.15, 0.2) is 18.2 Å². The van der Waals surface area contributed by atoms with Gasteiger partial charge in [0.05, 0.1) is 12.7 Å². The van der Waals surface area contributed by atoms with Gasteiger partial charge in [-0.15, -0.1) is 0 Å². The van der Waals surface area contributed by atoms with Gasteiger partial charge >= 0.3 is 0 Å². The van der Waals surface area contributed by atoms with Crippen LogP contribution < -0.4 is 10.1 Å². The van der Waals surface area contributed by atoms with Crippen LogP contribution in [0.4, 0.5) is 0 Å². The molecule has 1 aromatic rings. The summed E-state index contributed by atoms with van der Waals surface area (Å²) in [6.07, 6.45) is 1.14. The molecule has 0 saturated heterocycles. The molecule has 0 radical (unpaired) electrons. The fourth-order valence-electron chi connectivity index (χ4n) is 1.63. The molecule has 0 heterocycles. The Balaban J connectivity index is 2.51. The van der Waals surface area contributed by atoms with Crippen LogP contribution in [0.2, 0.25) is 0 Å². The molecule has 0 aliphatic heterocycles. The number of nitrogens with one attached hydrogen (secondary N) is 1. The Kier molecular flexibility index (Phi) is 5.18. The van der Waals surface area contributed by atoms with Crippen LogP contribution in [0.5, 0.6) is 5.75 Å². The van der Waals surface area contributed by atoms with Crippen LogP contribution in [-0.2, 0) is 6.54 Å². The molecule has 0 aliphatic rings. The van der Waals surface area contributed by atoms with Crippen LogP contribution in [0, 0.1) is 16.7 Å². The Hall–Kier alpha value is -1.53. The highest BCUT2D eigenvalue weighted by atomic mass is 16.5. The Morgan fingerprint density at radius 1 is 1.33 bits per heavy atom. The lowest BCUT2D eigenvalue weighted by Gasteiger charge is -2.18. The fraction of sp³-hybridized carbons (Fsp3) is 0.533. The van der Waals surface area contributed by atoms with Crippen molar-refractivity contribution in [2.45, 2.75) is 33.7 Å². The van der Waals surface area contributed by atoms with Gasteiger partial charge < -0.3 is 10.1 Å². The third-order valence-corrected chi connectivity index (χ3v) is 2.77. The minimum absolute atomic E-state index is 0.357. The van der Waals surface area contributed by atoms with Gasteiger partial charge in [-0.1, -0.05) is 26.8 Å². The van der Waals surface area contributed by atoms with Crippen LogP contribution in [0.25, 0.3) is 0 Å². The third kappa shape index (κ3) is 4.77. The normalized spacial score (nSPS) is 11.1. The Labute approximate surface area is 110 Å². The first kappa shape index (κ1) is 14.5. The predicted molar refractivity (Wildman–Crippen MR) is 73.5 cm³/mol. The van der Waals surface area contributed by atoms with E-state index in [2.05, 4.69) is 32.2 Å². The Morgan fingerprint density at radius 3 is 2.61 bits per heavy atom. The molecule has 98 valence electrons. The lowest BCUT2D eigenvalue weighted by atomic mass is 9.92. The van der Waals surface area contributed by atoms with E-state index in [1.165, 1.54) is 0 Å². The molecule has 0 aliphatic carbocycles. The highest BCUT2D eigenvalue weighted by Crippen LogP contribution is 2.20. The fourth-order valence-corrected chi connectivity index (χ4v) is 1.63. The number of hydrogen-bond acceptors (Lipinski definition) is 3. The summed E-state index contributed by atoms with van der Waals surface area (Å²) in [5.41, 5.74) is 2.07. The number of nitrogens with zero attached hydrogens (tertiary/aromatic N) is 1. The molecule has 1 rings (SSSR count). The molecular formula is C15H22N2O. The summed E-state index contributed by atoms with van der Waals surface area (Å²) in [6, 6.07) is 7.80. The number of nitriles is 1. The van der Waals surface area contributed by atoms with Crippen LogP contribution >= 0.6 is 0 Å². The van der Waals surface area contributed by atoms with Gasteiger partial charge in [-0.2, -0.15) is 5.26 Å². The summed E-state index contributed by atoms with van der Waals surface area (Å²) in [4.78, 5) is 0. The van der Waals surface area contributed by atoms with E-state index in [1.54, 1.807) is 13.2 Å². The molecule has 1 aromatic carbocycles. The number of ether oxygens (including phenoxy) is 1. The molecule has 0 spiro atoms. The van der Waals surface area contributed by atoms with Crippen molar-refractivity contribution in [1.29, 1.82) is 5.26 Å². The average Bonchev–Trinajstić information content (AvgIpc) is 2.33. The van der Waals surface area contributed by atoms with Crippen molar-refractivity contribution in [3.63, 3.8) is 0 Å². The zero-order valence-electron chi connectivity index (χ0n) is 11.7. The minimum Gasteiger partial charge on any atom is -0.495 e. The maximum absolute atomic E-state index is 8.90. The second-order valence-electron chi connectivity index (χ2n) is 5.63. The van der Waals surface area contributed by atoms with Crippen molar-refractivity contribution < 1.29 is 4.74 Å². The standard InChI is InChI=1S/C15H22N2O/c1-15(2,3)7-8-17-11-12-5-6-13(10-16)14(9-12)18-4/h5-6,9,17H,7-8,11H2,1-4H3. The largest absolute Gasteiger partial charge is 0.495 e. The second kappa shape index (κ2) is 6.42. The van der Waals surface area contributed by atoms with Gasteiger partial charge in [0, 0.05) is 6.54 Å². The van der Waals surface area contributed by atoms with E-state index in [1.807, 2.05) is 12.1 Å². The van der Waals surface area contributed by atoms with Gasteiger partial charge in [0.2, 0.25) is 0 Å². The lowest BCUT2D eigenvalue weighted by Crippen LogP contribution is -2.20.